The third-order valence-electron chi connectivity index (χ3n) is 3.52. The number of aliphatic hydroxyl groups is 1. The van der Waals surface area contributed by atoms with E-state index < -0.39 is 0 Å². The zero-order chi connectivity index (χ0) is 12.3. The molecule has 94 valence electrons. The van der Waals surface area contributed by atoms with Gasteiger partial charge in [0.15, 0.2) is 0 Å². The van der Waals surface area contributed by atoms with Crippen LogP contribution >= 0.6 is 11.6 Å². The van der Waals surface area contributed by atoms with Crippen molar-refractivity contribution in [2.75, 3.05) is 13.1 Å². The highest BCUT2D eigenvalue weighted by Crippen LogP contribution is 2.23. The van der Waals surface area contributed by atoms with Crippen LogP contribution in [0, 0.1) is 12.8 Å². The summed E-state index contributed by atoms with van der Waals surface area (Å²) in [4.78, 5) is 0. The maximum Gasteiger partial charge on any atom is 0.0621 e. The Bertz CT molecular complexity index is 374. The predicted molar refractivity (Wildman–Crippen MR) is 71.5 cm³/mol. The fraction of sp³-hybridized carbons (Fsp3) is 0.571. The summed E-state index contributed by atoms with van der Waals surface area (Å²) in [7, 11) is 0. The Balaban J connectivity index is 1.99. The highest BCUT2D eigenvalue weighted by Gasteiger charge is 2.22. The molecule has 0 saturated carbocycles. The fourth-order valence-electron chi connectivity index (χ4n) is 2.42. The first-order valence-electron chi connectivity index (χ1n) is 6.30. The average molecular weight is 254 g/mol. The second-order valence-corrected chi connectivity index (χ2v) is 5.38. The maximum atomic E-state index is 10.2. The molecule has 0 amide bonds. The van der Waals surface area contributed by atoms with Crippen molar-refractivity contribution in [1.82, 2.24) is 5.32 Å². The van der Waals surface area contributed by atoms with Gasteiger partial charge in [-0.15, -0.1) is 0 Å². The number of hydrogen-bond acceptors (Lipinski definition) is 2. The highest BCUT2D eigenvalue weighted by molar-refractivity contribution is 6.31. The summed E-state index contributed by atoms with van der Waals surface area (Å²) in [6, 6.07) is 6.03. The molecule has 0 spiro atoms. The minimum Gasteiger partial charge on any atom is -0.392 e. The molecule has 1 heterocycles. The Labute approximate surface area is 108 Å². The topological polar surface area (TPSA) is 32.3 Å². The lowest BCUT2D eigenvalue weighted by Gasteiger charge is -2.27. The molecule has 1 aliphatic rings. The van der Waals surface area contributed by atoms with Gasteiger partial charge < -0.3 is 10.4 Å². The zero-order valence-corrected chi connectivity index (χ0v) is 11.0. The average Bonchev–Trinajstić information content (AvgIpc) is 2.34. The molecule has 0 radical (unpaired) electrons. The molecule has 1 saturated heterocycles. The molecule has 2 N–H and O–H groups in total. The molecule has 1 fully saturated rings. The van der Waals surface area contributed by atoms with E-state index >= 15 is 0 Å². The van der Waals surface area contributed by atoms with Crippen LogP contribution in [-0.2, 0) is 6.42 Å². The van der Waals surface area contributed by atoms with Crippen LogP contribution in [0.4, 0.5) is 0 Å². The van der Waals surface area contributed by atoms with Gasteiger partial charge in [0.2, 0.25) is 0 Å². The van der Waals surface area contributed by atoms with Crippen molar-refractivity contribution in [3.63, 3.8) is 0 Å². The zero-order valence-electron chi connectivity index (χ0n) is 10.2. The molecule has 2 unspecified atom stereocenters. The lowest BCUT2D eigenvalue weighted by Crippen LogP contribution is -2.37. The number of hydrogen-bond donors (Lipinski definition) is 2. The molecular weight excluding hydrogens is 234 g/mol. The molecule has 1 aromatic carbocycles. The van der Waals surface area contributed by atoms with Crippen molar-refractivity contribution in [1.29, 1.82) is 0 Å². The van der Waals surface area contributed by atoms with Gasteiger partial charge >= 0.3 is 0 Å². The minimum absolute atomic E-state index is 0.289. The van der Waals surface area contributed by atoms with Crippen molar-refractivity contribution >= 4 is 11.6 Å². The van der Waals surface area contributed by atoms with Gasteiger partial charge in [0.25, 0.3) is 0 Å². The Hall–Kier alpha value is -0.570. The van der Waals surface area contributed by atoms with Crippen LogP contribution in [-0.4, -0.2) is 24.3 Å². The van der Waals surface area contributed by atoms with Crippen LogP contribution in [0.15, 0.2) is 18.2 Å². The van der Waals surface area contributed by atoms with Crippen molar-refractivity contribution < 1.29 is 5.11 Å². The Morgan fingerprint density at radius 1 is 1.53 bits per heavy atom. The van der Waals surface area contributed by atoms with Gasteiger partial charge in [-0.25, -0.2) is 0 Å². The van der Waals surface area contributed by atoms with Gasteiger partial charge in [-0.1, -0.05) is 23.7 Å². The third kappa shape index (κ3) is 3.44. The van der Waals surface area contributed by atoms with E-state index in [1.165, 1.54) is 0 Å². The summed E-state index contributed by atoms with van der Waals surface area (Å²) >= 11 is 6.19. The Morgan fingerprint density at radius 2 is 2.35 bits per heavy atom. The van der Waals surface area contributed by atoms with Gasteiger partial charge in [-0.2, -0.15) is 0 Å². The lowest BCUT2D eigenvalue weighted by molar-refractivity contribution is 0.0922. The van der Waals surface area contributed by atoms with Crippen LogP contribution in [0.2, 0.25) is 5.02 Å². The monoisotopic (exact) mass is 253 g/mol. The molecule has 1 aromatic rings. The Morgan fingerprint density at radius 3 is 3.00 bits per heavy atom. The molecule has 0 aromatic heterocycles. The number of benzene rings is 1. The summed E-state index contributed by atoms with van der Waals surface area (Å²) < 4.78 is 0. The lowest BCUT2D eigenvalue weighted by atomic mass is 9.90. The van der Waals surface area contributed by atoms with Crippen LogP contribution < -0.4 is 5.32 Å². The number of piperidine rings is 1. The molecule has 2 rings (SSSR count). The van der Waals surface area contributed by atoms with E-state index in [-0.39, 0.29) is 6.10 Å². The SMILES string of the molecule is Cc1ccc(CC(O)C2CCCNC2)c(Cl)c1. The minimum atomic E-state index is -0.289. The number of nitrogens with one attached hydrogen (secondary N) is 1. The largest absolute Gasteiger partial charge is 0.392 e. The molecule has 17 heavy (non-hydrogen) atoms. The van der Waals surface area contributed by atoms with E-state index in [4.69, 9.17) is 11.6 Å². The summed E-state index contributed by atoms with van der Waals surface area (Å²) in [5, 5.41) is 14.3. The van der Waals surface area contributed by atoms with Gasteiger partial charge in [0, 0.05) is 18.0 Å². The first kappa shape index (κ1) is 12.9. The van der Waals surface area contributed by atoms with Crippen molar-refractivity contribution in [2.24, 2.45) is 5.92 Å². The maximum absolute atomic E-state index is 10.2. The molecule has 0 aliphatic carbocycles. The Kier molecular flexibility index (Phi) is 4.43. The predicted octanol–water partition coefficient (Wildman–Crippen LogP) is 2.55. The van der Waals surface area contributed by atoms with E-state index in [0.717, 1.165) is 42.1 Å². The second kappa shape index (κ2) is 5.85. The summed E-state index contributed by atoms with van der Waals surface area (Å²) in [6.07, 6.45) is 2.63. The van der Waals surface area contributed by atoms with Crippen LogP contribution in [0.3, 0.4) is 0 Å². The third-order valence-corrected chi connectivity index (χ3v) is 3.87. The van der Waals surface area contributed by atoms with Gasteiger partial charge in [-0.05, 0) is 49.4 Å². The fourth-order valence-corrected chi connectivity index (χ4v) is 2.73. The van der Waals surface area contributed by atoms with E-state index in [0.29, 0.717) is 12.3 Å². The number of halogens is 1. The molecular formula is C14H20ClNO. The second-order valence-electron chi connectivity index (χ2n) is 4.97. The molecule has 0 bridgehead atoms. The van der Waals surface area contributed by atoms with Gasteiger partial charge in [0.05, 0.1) is 6.10 Å². The van der Waals surface area contributed by atoms with Gasteiger partial charge in [0.1, 0.15) is 0 Å². The van der Waals surface area contributed by atoms with E-state index in [1.54, 1.807) is 0 Å². The van der Waals surface area contributed by atoms with Crippen molar-refractivity contribution in [2.45, 2.75) is 32.3 Å². The van der Waals surface area contributed by atoms with Crippen LogP contribution in [0.5, 0.6) is 0 Å². The highest BCUT2D eigenvalue weighted by atomic mass is 35.5. The molecule has 2 nitrogen and oxygen atoms in total. The standard InChI is InChI=1S/C14H20ClNO/c1-10-4-5-11(13(15)7-10)8-14(17)12-3-2-6-16-9-12/h4-5,7,12,14,16-17H,2-3,6,8-9H2,1H3. The van der Waals surface area contributed by atoms with Crippen LogP contribution in [0.25, 0.3) is 0 Å². The van der Waals surface area contributed by atoms with E-state index in [2.05, 4.69) is 5.32 Å². The normalized spacial score (nSPS) is 22.4. The molecule has 3 heteroatoms. The number of aliphatic hydroxyl groups excluding tert-OH is 1. The van der Waals surface area contributed by atoms with Crippen molar-refractivity contribution in [3.05, 3.63) is 34.3 Å². The quantitative estimate of drug-likeness (QED) is 0.868. The number of aryl methyl sites for hydroxylation is 1. The first-order valence-corrected chi connectivity index (χ1v) is 6.68. The molecule has 1 aliphatic heterocycles. The van der Waals surface area contributed by atoms with E-state index in [9.17, 15) is 5.11 Å². The van der Waals surface area contributed by atoms with Gasteiger partial charge in [-0.3, -0.25) is 0 Å². The van der Waals surface area contributed by atoms with E-state index in [1.807, 2.05) is 25.1 Å². The summed E-state index contributed by atoms with van der Waals surface area (Å²) in [5.41, 5.74) is 2.21. The smallest absolute Gasteiger partial charge is 0.0621 e. The summed E-state index contributed by atoms with van der Waals surface area (Å²) in [5.74, 6) is 0.362. The number of rotatable bonds is 3. The summed E-state index contributed by atoms with van der Waals surface area (Å²) in [6.45, 7) is 4.02. The van der Waals surface area contributed by atoms with Crippen LogP contribution in [0.1, 0.15) is 24.0 Å². The van der Waals surface area contributed by atoms with Crippen molar-refractivity contribution in [3.8, 4) is 0 Å². The first-order chi connectivity index (χ1) is 8.16. The molecule has 2 atom stereocenters.